The molecule has 1 fully saturated rings. The van der Waals surface area contributed by atoms with E-state index in [1.165, 1.54) is 4.90 Å². The van der Waals surface area contributed by atoms with Crippen molar-refractivity contribution in [3.05, 3.63) is 34.3 Å². The van der Waals surface area contributed by atoms with Crippen LogP contribution in [0.5, 0.6) is 0 Å². The van der Waals surface area contributed by atoms with Crippen LogP contribution in [0.25, 0.3) is 0 Å². The van der Waals surface area contributed by atoms with Crippen LogP contribution in [-0.4, -0.2) is 36.0 Å². The number of imide groups is 1. The molecule has 2 atom stereocenters. The molecule has 1 heterocycles. The standard InChI is InChI=1S/C15H20BrN3O2/c1-3-13(11-4-6-12(16)7-5-11)18-10(2)14(20)19-9-8-17-15(19)21/h4-7,10,13,18H,3,8-9H2,1-2H3,(H,17,21)/t10-,13-/m0/s1. The Morgan fingerprint density at radius 2 is 2.10 bits per heavy atom. The number of rotatable bonds is 5. The van der Waals surface area contributed by atoms with Gasteiger partial charge < -0.3 is 5.32 Å². The van der Waals surface area contributed by atoms with Crippen molar-refractivity contribution in [3.63, 3.8) is 0 Å². The molecule has 5 nitrogen and oxygen atoms in total. The van der Waals surface area contributed by atoms with Crippen molar-refractivity contribution in [1.82, 2.24) is 15.5 Å². The maximum Gasteiger partial charge on any atom is 0.324 e. The van der Waals surface area contributed by atoms with Gasteiger partial charge in [0.25, 0.3) is 0 Å². The van der Waals surface area contributed by atoms with Crippen molar-refractivity contribution in [2.24, 2.45) is 0 Å². The summed E-state index contributed by atoms with van der Waals surface area (Å²) in [7, 11) is 0. The third kappa shape index (κ3) is 3.83. The van der Waals surface area contributed by atoms with E-state index in [9.17, 15) is 9.59 Å². The van der Waals surface area contributed by atoms with Gasteiger partial charge in [-0.25, -0.2) is 4.79 Å². The molecule has 0 bridgehead atoms. The Labute approximate surface area is 133 Å². The fourth-order valence-corrected chi connectivity index (χ4v) is 2.70. The number of hydrogen-bond acceptors (Lipinski definition) is 3. The van der Waals surface area contributed by atoms with Gasteiger partial charge in [0.05, 0.1) is 6.04 Å². The summed E-state index contributed by atoms with van der Waals surface area (Å²) in [5.41, 5.74) is 1.13. The van der Waals surface area contributed by atoms with E-state index in [2.05, 4.69) is 33.5 Å². The van der Waals surface area contributed by atoms with Gasteiger partial charge >= 0.3 is 6.03 Å². The predicted molar refractivity (Wildman–Crippen MR) is 84.9 cm³/mol. The first-order valence-corrected chi connectivity index (χ1v) is 7.93. The molecule has 0 aliphatic carbocycles. The number of carbonyl (C=O) groups excluding carboxylic acids is 2. The summed E-state index contributed by atoms with van der Waals surface area (Å²) in [4.78, 5) is 25.1. The van der Waals surface area contributed by atoms with E-state index in [4.69, 9.17) is 0 Å². The lowest BCUT2D eigenvalue weighted by Crippen LogP contribution is -2.47. The monoisotopic (exact) mass is 353 g/mol. The molecule has 0 unspecified atom stereocenters. The van der Waals surface area contributed by atoms with E-state index in [-0.39, 0.29) is 18.0 Å². The summed E-state index contributed by atoms with van der Waals surface area (Å²) < 4.78 is 1.03. The summed E-state index contributed by atoms with van der Waals surface area (Å²) in [6.07, 6.45) is 0.867. The maximum atomic E-state index is 12.3. The van der Waals surface area contributed by atoms with Crippen LogP contribution in [0.2, 0.25) is 0 Å². The van der Waals surface area contributed by atoms with Gasteiger partial charge in [-0.3, -0.25) is 15.0 Å². The number of amides is 3. The maximum absolute atomic E-state index is 12.3. The van der Waals surface area contributed by atoms with Gasteiger partial charge in [-0.2, -0.15) is 0 Å². The van der Waals surface area contributed by atoms with Gasteiger partial charge in [-0.15, -0.1) is 0 Å². The van der Waals surface area contributed by atoms with Crippen LogP contribution in [0.3, 0.4) is 0 Å². The van der Waals surface area contributed by atoms with Crippen molar-refractivity contribution in [1.29, 1.82) is 0 Å². The minimum absolute atomic E-state index is 0.0858. The average Bonchev–Trinajstić information content (AvgIpc) is 2.91. The lowest BCUT2D eigenvalue weighted by atomic mass is 10.0. The molecule has 1 aliphatic rings. The van der Waals surface area contributed by atoms with Crippen molar-refractivity contribution in [2.45, 2.75) is 32.4 Å². The zero-order chi connectivity index (χ0) is 15.4. The first kappa shape index (κ1) is 16.0. The van der Waals surface area contributed by atoms with Crippen LogP contribution >= 0.6 is 15.9 Å². The molecule has 0 saturated carbocycles. The van der Waals surface area contributed by atoms with Gasteiger partial charge in [-0.05, 0) is 31.0 Å². The Balaban J connectivity index is 2.02. The largest absolute Gasteiger partial charge is 0.336 e. The smallest absolute Gasteiger partial charge is 0.324 e. The van der Waals surface area contributed by atoms with Gasteiger partial charge in [0.1, 0.15) is 0 Å². The van der Waals surface area contributed by atoms with Crippen LogP contribution in [0.1, 0.15) is 31.9 Å². The van der Waals surface area contributed by atoms with E-state index in [0.29, 0.717) is 13.1 Å². The third-order valence-corrected chi connectivity index (χ3v) is 4.15. The molecule has 1 saturated heterocycles. The first-order chi connectivity index (χ1) is 10.0. The van der Waals surface area contributed by atoms with Crippen molar-refractivity contribution in [2.75, 3.05) is 13.1 Å². The Hall–Kier alpha value is -1.40. The summed E-state index contributed by atoms with van der Waals surface area (Å²) >= 11 is 3.42. The molecular weight excluding hydrogens is 334 g/mol. The van der Waals surface area contributed by atoms with E-state index in [1.807, 2.05) is 24.3 Å². The van der Waals surface area contributed by atoms with E-state index in [1.54, 1.807) is 6.92 Å². The van der Waals surface area contributed by atoms with Gasteiger partial charge in [0.15, 0.2) is 0 Å². The van der Waals surface area contributed by atoms with Gasteiger partial charge in [0, 0.05) is 23.6 Å². The minimum atomic E-state index is -0.401. The Morgan fingerprint density at radius 3 is 2.62 bits per heavy atom. The molecule has 21 heavy (non-hydrogen) atoms. The molecule has 0 radical (unpaired) electrons. The molecular formula is C15H20BrN3O2. The van der Waals surface area contributed by atoms with Crippen molar-refractivity contribution < 1.29 is 9.59 Å². The molecule has 1 aromatic carbocycles. The second kappa shape index (κ2) is 7.04. The van der Waals surface area contributed by atoms with E-state index >= 15 is 0 Å². The molecule has 2 N–H and O–H groups in total. The third-order valence-electron chi connectivity index (χ3n) is 3.63. The number of benzene rings is 1. The van der Waals surface area contributed by atoms with Crippen LogP contribution < -0.4 is 10.6 Å². The topological polar surface area (TPSA) is 61.4 Å². The zero-order valence-corrected chi connectivity index (χ0v) is 13.8. The number of urea groups is 1. The Morgan fingerprint density at radius 1 is 1.43 bits per heavy atom. The van der Waals surface area contributed by atoms with Crippen molar-refractivity contribution in [3.8, 4) is 0 Å². The van der Waals surface area contributed by atoms with Crippen LogP contribution in [0, 0.1) is 0 Å². The fraction of sp³-hybridized carbons (Fsp3) is 0.467. The lowest BCUT2D eigenvalue weighted by Gasteiger charge is -2.24. The molecule has 0 spiro atoms. The quantitative estimate of drug-likeness (QED) is 0.854. The highest BCUT2D eigenvalue weighted by atomic mass is 79.9. The summed E-state index contributed by atoms with van der Waals surface area (Å²) in [5, 5.41) is 5.96. The second-order valence-corrected chi connectivity index (χ2v) is 6.04. The molecule has 1 aromatic rings. The van der Waals surface area contributed by atoms with Gasteiger partial charge in [0.2, 0.25) is 5.91 Å². The number of halogens is 1. The Bertz CT molecular complexity index is 518. The fourth-order valence-electron chi connectivity index (χ4n) is 2.43. The number of hydrogen-bond donors (Lipinski definition) is 2. The summed E-state index contributed by atoms with van der Waals surface area (Å²) in [6, 6.07) is 7.42. The number of nitrogens with zero attached hydrogens (tertiary/aromatic N) is 1. The highest BCUT2D eigenvalue weighted by Crippen LogP contribution is 2.20. The lowest BCUT2D eigenvalue weighted by molar-refractivity contribution is -0.129. The predicted octanol–water partition coefficient (Wildman–Crippen LogP) is 2.43. The molecule has 6 heteroatoms. The SMILES string of the molecule is CC[C@H](N[C@@H](C)C(=O)N1CCNC1=O)c1ccc(Br)cc1. The van der Waals surface area contributed by atoms with Crippen LogP contribution in [-0.2, 0) is 4.79 Å². The second-order valence-electron chi connectivity index (χ2n) is 5.12. The highest BCUT2D eigenvalue weighted by Gasteiger charge is 2.30. The Kier molecular flexibility index (Phi) is 5.36. The highest BCUT2D eigenvalue weighted by molar-refractivity contribution is 9.10. The minimum Gasteiger partial charge on any atom is -0.336 e. The van der Waals surface area contributed by atoms with Crippen LogP contribution in [0.4, 0.5) is 4.79 Å². The molecule has 1 aliphatic heterocycles. The van der Waals surface area contributed by atoms with Gasteiger partial charge in [-0.1, -0.05) is 35.0 Å². The molecule has 3 amide bonds. The zero-order valence-electron chi connectivity index (χ0n) is 12.2. The molecule has 114 valence electrons. The molecule has 2 rings (SSSR count). The number of carbonyl (C=O) groups is 2. The molecule has 0 aromatic heterocycles. The number of nitrogens with one attached hydrogen (secondary N) is 2. The van der Waals surface area contributed by atoms with E-state index < -0.39 is 6.04 Å². The summed E-state index contributed by atoms with van der Waals surface area (Å²) in [5.74, 6) is -0.180. The normalized spacial score (nSPS) is 17.5. The average molecular weight is 354 g/mol. The summed E-state index contributed by atoms with van der Waals surface area (Å²) in [6.45, 7) is 4.84. The van der Waals surface area contributed by atoms with Crippen LogP contribution in [0.15, 0.2) is 28.7 Å². The first-order valence-electron chi connectivity index (χ1n) is 7.13. The van der Waals surface area contributed by atoms with E-state index in [0.717, 1.165) is 16.5 Å². The van der Waals surface area contributed by atoms with Crippen molar-refractivity contribution >= 4 is 27.9 Å².